The first-order chi connectivity index (χ1) is 10.8. The Morgan fingerprint density at radius 3 is 2.68 bits per heavy atom. The molecule has 4 rings (SSSR count). The highest BCUT2D eigenvalue weighted by atomic mass is 16.2. The van der Waals surface area contributed by atoms with Gasteiger partial charge in [0.05, 0.1) is 6.04 Å². The fraction of sp³-hybridized carbons (Fsp3) is 0.550. The molecule has 0 radical (unpaired) electrons. The molecule has 2 nitrogen and oxygen atoms in total. The number of hydrogen-bond acceptors (Lipinski definition) is 1. The number of amides is 1. The van der Waals surface area contributed by atoms with Gasteiger partial charge >= 0.3 is 0 Å². The molecule has 0 N–H and O–H groups in total. The van der Waals surface area contributed by atoms with Gasteiger partial charge in [0.25, 0.3) is 0 Å². The second-order valence-electron chi connectivity index (χ2n) is 7.06. The van der Waals surface area contributed by atoms with Crippen molar-refractivity contribution in [1.29, 1.82) is 0 Å². The van der Waals surface area contributed by atoms with Crippen LogP contribution in [0.5, 0.6) is 0 Å². The first-order valence-corrected chi connectivity index (χ1v) is 8.89. The molecule has 3 aliphatic carbocycles. The van der Waals surface area contributed by atoms with Crippen molar-refractivity contribution in [3.8, 4) is 0 Å². The van der Waals surface area contributed by atoms with Crippen LogP contribution in [0.25, 0.3) is 0 Å². The van der Waals surface area contributed by atoms with E-state index in [1.54, 1.807) is 0 Å². The Bertz CT molecular complexity index is 587. The predicted molar refractivity (Wildman–Crippen MR) is 88.5 cm³/mol. The highest BCUT2D eigenvalue weighted by molar-refractivity contribution is 5.80. The van der Waals surface area contributed by atoms with Gasteiger partial charge in [-0.15, -0.1) is 0 Å². The lowest BCUT2D eigenvalue weighted by Gasteiger charge is -2.38. The van der Waals surface area contributed by atoms with E-state index in [2.05, 4.69) is 41.3 Å². The molecule has 2 unspecified atom stereocenters. The van der Waals surface area contributed by atoms with Crippen LogP contribution in [0.1, 0.15) is 62.1 Å². The van der Waals surface area contributed by atoms with E-state index in [4.69, 9.17) is 0 Å². The number of aryl methyl sites for hydroxylation is 1. The van der Waals surface area contributed by atoms with Gasteiger partial charge in [-0.25, -0.2) is 0 Å². The molecule has 3 aliphatic rings. The Morgan fingerprint density at radius 2 is 1.91 bits per heavy atom. The van der Waals surface area contributed by atoms with Crippen LogP contribution in [0.4, 0.5) is 0 Å². The van der Waals surface area contributed by atoms with E-state index in [1.165, 1.54) is 36.8 Å². The van der Waals surface area contributed by atoms with Gasteiger partial charge in [0.1, 0.15) is 0 Å². The monoisotopic (exact) mass is 295 g/mol. The summed E-state index contributed by atoms with van der Waals surface area (Å²) in [5, 5.41) is 0. The molecular formula is C20H25NO. The Labute approximate surface area is 133 Å². The van der Waals surface area contributed by atoms with Crippen LogP contribution in [0.3, 0.4) is 0 Å². The second kappa shape index (κ2) is 5.91. The van der Waals surface area contributed by atoms with Crippen molar-refractivity contribution in [2.24, 2.45) is 5.92 Å². The summed E-state index contributed by atoms with van der Waals surface area (Å²) in [7, 11) is 0. The van der Waals surface area contributed by atoms with E-state index in [0.29, 0.717) is 18.0 Å². The molecule has 1 fully saturated rings. The second-order valence-corrected chi connectivity index (χ2v) is 7.06. The molecule has 0 aromatic heterocycles. The van der Waals surface area contributed by atoms with Crippen LogP contribution in [-0.2, 0) is 11.2 Å². The van der Waals surface area contributed by atoms with Crippen LogP contribution in [-0.4, -0.2) is 16.8 Å². The zero-order valence-electron chi connectivity index (χ0n) is 13.2. The molecule has 1 aromatic rings. The summed E-state index contributed by atoms with van der Waals surface area (Å²) < 4.78 is 0. The highest BCUT2D eigenvalue weighted by Gasteiger charge is 2.41. The summed E-state index contributed by atoms with van der Waals surface area (Å²) in [6.07, 6.45) is 13.4. The molecule has 1 saturated carbocycles. The van der Waals surface area contributed by atoms with Crippen LogP contribution in [0.2, 0.25) is 0 Å². The largest absolute Gasteiger partial charge is 0.332 e. The predicted octanol–water partition coefficient (Wildman–Crippen LogP) is 4.41. The van der Waals surface area contributed by atoms with Gasteiger partial charge in [0.2, 0.25) is 5.91 Å². The van der Waals surface area contributed by atoms with Crippen LogP contribution >= 0.6 is 0 Å². The van der Waals surface area contributed by atoms with Gasteiger partial charge in [-0.1, -0.05) is 36.4 Å². The lowest BCUT2D eigenvalue weighted by Crippen LogP contribution is -2.42. The maximum atomic E-state index is 13.2. The molecule has 116 valence electrons. The number of carbonyl (C=O) groups is 1. The minimum Gasteiger partial charge on any atom is -0.332 e. The molecule has 0 heterocycles. The molecule has 2 atom stereocenters. The summed E-state index contributed by atoms with van der Waals surface area (Å²) in [6, 6.07) is 9.61. The smallest absolute Gasteiger partial charge is 0.226 e. The SMILES string of the molecule is O=C(C1CC=CCC1)N(C1CC1)C1CCCc2ccccc21. The summed E-state index contributed by atoms with van der Waals surface area (Å²) in [5.41, 5.74) is 2.88. The van der Waals surface area contributed by atoms with Crippen molar-refractivity contribution in [2.75, 3.05) is 0 Å². The summed E-state index contributed by atoms with van der Waals surface area (Å²) >= 11 is 0. The lowest BCUT2D eigenvalue weighted by molar-refractivity contribution is -0.139. The molecular weight excluding hydrogens is 270 g/mol. The van der Waals surface area contributed by atoms with Crippen molar-refractivity contribution in [2.45, 2.75) is 63.5 Å². The molecule has 2 heteroatoms. The topological polar surface area (TPSA) is 20.3 Å². The first-order valence-electron chi connectivity index (χ1n) is 8.89. The van der Waals surface area contributed by atoms with Crippen molar-refractivity contribution in [1.82, 2.24) is 4.90 Å². The van der Waals surface area contributed by atoms with Gasteiger partial charge in [-0.3, -0.25) is 4.79 Å². The number of allylic oxidation sites excluding steroid dienone is 2. The van der Waals surface area contributed by atoms with Gasteiger partial charge in [-0.05, 0) is 62.5 Å². The minimum absolute atomic E-state index is 0.222. The summed E-state index contributed by atoms with van der Waals surface area (Å²) in [4.78, 5) is 15.5. The number of rotatable bonds is 3. The molecule has 1 aromatic carbocycles. The van der Waals surface area contributed by atoms with Gasteiger partial charge in [0, 0.05) is 12.0 Å². The van der Waals surface area contributed by atoms with Gasteiger partial charge in [-0.2, -0.15) is 0 Å². The standard InChI is InChI=1S/C20H25NO/c22-20(16-8-2-1-3-9-16)21(17-13-14-17)19-12-6-10-15-7-4-5-11-18(15)19/h1-2,4-5,7,11,16-17,19H,3,6,8-10,12-14H2. The Morgan fingerprint density at radius 1 is 1.05 bits per heavy atom. The average molecular weight is 295 g/mol. The molecule has 1 amide bonds. The Balaban J connectivity index is 1.63. The van der Waals surface area contributed by atoms with E-state index in [9.17, 15) is 4.79 Å². The Kier molecular flexibility index (Phi) is 3.77. The molecule has 22 heavy (non-hydrogen) atoms. The first kappa shape index (κ1) is 14.0. The summed E-state index contributed by atoms with van der Waals surface area (Å²) in [6.45, 7) is 0. The normalized spacial score (nSPS) is 27.3. The van der Waals surface area contributed by atoms with Crippen molar-refractivity contribution >= 4 is 5.91 Å². The van der Waals surface area contributed by atoms with Gasteiger partial charge < -0.3 is 4.90 Å². The van der Waals surface area contributed by atoms with Crippen molar-refractivity contribution in [3.63, 3.8) is 0 Å². The van der Waals surface area contributed by atoms with E-state index < -0.39 is 0 Å². The third-order valence-electron chi connectivity index (χ3n) is 5.49. The van der Waals surface area contributed by atoms with Crippen LogP contribution in [0.15, 0.2) is 36.4 Å². The third kappa shape index (κ3) is 2.60. The number of nitrogens with zero attached hydrogens (tertiary/aromatic N) is 1. The van der Waals surface area contributed by atoms with Crippen LogP contribution in [0, 0.1) is 5.92 Å². The molecule has 0 aliphatic heterocycles. The van der Waals surface area contributed by atoms with E-state index >= 15 is 0 Å². The fourth-order valence-electron chi connectivity index (χ4n) is 4.19. The van der Waals surface area contributed by atoms with Gasteiger partial charge in [0.15, 0.2) is 0 Å². The quantitative estimate of drug-likeness (QED) is 0.756. The van der Waals surface area contributed by atoms with Crippen LogP contribution < -0.4 is 0 Å². The molecule has 0 spiro atoms. The lowest BCUT2D eigenvalue weighted by atomic mass is 9.85. The maximum Gasteiger partial charge on any atom is 0.226 e. The maximum absolute atomic E-state index is 13.2. The Hall–Kier alpha value is -1.57. The van der Waals surface area contributed by atoms with E-state index in [1.807, 2.05) is 0 Å². The third-order valence-corrected chi connectivity index (χ3v) is 5.49. The van der Waals surface area contributed by atoms with Crippen molar-refractivity contribution in [3.05, 3.63) is 47.5 Å². The van der Waals surface area contributed by atoms with E-state index in [0.717, 1.165) is 25.7 Å². The van der Waals surface area contributed by atoms with E-state index in [-0.39, 0.29) is 5.92 Å². The average Bonchev–Trinajstić information content (AvgIpc) is 3.41. The number of hydrogen-bond donors (Lipinski definition) is 0. The minimum atomic E-state index is 0.222. The molecule has 0 bridgehead atoms. The number of fused-ring (bicyclic) bond motifs is 1. The van der Waals surface area contributed by atoms with Crippen molar-refractivity contribution < 1.29 is 4.79 Å². The number of carbonyl (C=O) groups excluding carboxylic acids is 1. The molecule has 0 saturated heterocycles. The highest BCUT2D eigenvalue weighted by Crippen LogP contribution is 2.42. The zero-order valence-corrected chi connectivity index (χ0v) is 13.2. The summed E-state index contributed by atoms with van der Waals surface area (Å²) in [5.74, 6) is 0.647. The number of benzene rings is 1. The fourth-order valence-corrected chi connectivity index (χ4v) is 4.19. The zero-order chi connectivity index (χ0) is 14.9.